The van der Waals surface area contributed by atoms with Crippen LogP contribution in [-0.2, 0) is 0 Å². The Morgan fingerprint density at radius 2 is 2.40 bits per heavy atom. The number of hydrogen-bond donors (Lipinski definition) is 1. The quantitative estimate of drug-likeness (QED) is 0.567. The molecule has 0 aliphatic rings. The molecule has 0 saturated heterocycles. The first-order valence-corrected chi connectivity index (χ1v) is 3.20. The molecule has 0 rings (SSSR count). The summed E-state index contributed by atoms with van der Waals surface area (Å²) in [5, 5.41) is 0. The Hall–Kier alpha value is -1.17. The van der Waals surface area contributed by atoms with Gasteiger partial charge in [0.1, 0.15) is 0 Å². The molecule has 0 aliphatic heterocycles. The number of carbonyl (C=O) groups excluding carboxylic acids is 1. The van der Waals surface area contributed by atoms with Crippen molar-refractivity contribution in [3.05, 3.63) is 0 Å². The largest absolute Gasteiger partial charge is 0.351 e. The summed E-state index contributed by atoms with van der Waals surface area (Å²) in [6.07, 6.45) is 5.88. The van der Waals surface area contributed by atoms with Crippen LogP contribution < -0.4 is 5.73 Å². The zero-order chi connectivity index (χ0) is 7.98. The van der Waals surface area contributed by atoms with Gasteiger partial charge < -0.3 is 10.6 Å². The van der Waals surface area contributed by atoms with Crippen molar-refractivity contribution in [3.63, 3.8) is 0 Å². The number of hydrogen-bond acceptors (Lipinski definition) is 1. The molecule has 2 N–H and O–H groups in total. The van der Waals surface area contributed by atoms with E-state index in [0.717, 1.165) is 6.42 Å². The molecule has 0 bridgehead atoms. The number of urea groups is 1. The topological polar surface area (TPSA) is 46.3 Å². The summed E-state index contributed by atoms with van der Waals surface area (Å²) < 4.78 is 0. The van der Waals surface area contributed by atoms with Crippen molar-refractivity contribution in [1.82, 2.24) is 4.90 Å². The van der Waals surface area contributed by atoms with Crippen molar-refractivity contribution >= 4 is 6.03 Å². The van der Waals surface area contributed by atoms with Crippen LogP contribution in [0, 0.1) is 12.3 Å². The Morgan fingerprint density at radius 3 is 2.70 bits per heavy atom. The van der Waals surface area contributed by atoms with Gasteiger partial charge in [-0.3, -0.25) is 0 Å². The molecule has 0 radical (unpaired) electrons. The van der Waals surface area contributed by atoms with E-state index in [9.17, 15) is 4.79 Å². The van der Waals surface area contributed by atoms with Gasteiger partial charge in [-0.15, -0.1) is 6.42 Å². The Balaban J connectivity index is 3.75. The lowest BCUT2D eigenvalue weighted by atomic mass is 10.4. The maximum Gasteiger partial charge on any atom is 0.315 e. The van der Waals surface area contributed by atoms with Crippen molar-refractivity contribution in [3.8, 4) is 12.3 Å². The van der Waals surface area contributed by atoms with Gasteiger partial charge in [0.15, 0.2) is 0 Å². The zero-order valence-corrected chi connectivity index (χ0v) is 6.13. The number of amides is 2. The van der Waals surface area contributed by atoms with E-state index in [-0.39, 0.29) is 0 Å². The maximum absolute atomic E-state index is 10.5. The monoisotopic (exact) mass is 140 g/mol. The molecule has 0 saturated carbocycles. The number of nitrogens with zero attached hydrogens (tertiary/aromatic N) is 1. The third-order valence-electron chi connectivity index (χ3n) is 1.09. The normalized spacial score (nSPS) is 8.40. The number of primary amides is 1. The Bertz CT molecular complexity index is 148. The first kappa shape index (κ1) is 8.83. The lowest BCUT2D eigenvalue weighted by molar-refractivity contribution is 0.214. The molecule has 0 aromatic rings. The molecule has 3 heteroatoms. The highest BCUT2D eigenvalue weighted by molar-refractivity contribution is 5.72. The van der Waals surface area contributed by atoms with Crippen molar-refractivity contribution < 1.29 is 4.79 Å². The van der Waals surface area contributed by atoms with E-state index in [1.54, 1.807) is 0 Å². The van der Waals surface area contributed by atoms with E-state index in [1.807, 2.05) is 6.92 Å². The minimum Gasteiger partial charge on any atom is -0.351 e. The van der Waals surface area contributed by atoms with Crippen LogP contribution in [0.5, 0.6) is 0 Å². The second kappa shape index (κ2) is 4.68. The highest BCUT2D eigenvalue weighted by Gasteiger charge is 2.04. The molecule has 2 amide bonds. The van der Waals surface area contributed by atoms with E-state index >= 15 is 0 Å². The van der Waals surface area contributed by atoms with Gasteiger partial charge in [0, 0.05) is 6.54 Å². The van der Waals surface area contributed by atoms with Crippen molar-refractivity contribution in [2.24, 2.45) is 5.73 Å². The SMILES string of the molecule is C#CCN(CCC)C(N)=O. The number of terminal acetylenes is 1. The Kier molecular flexibility index (Phi) is 4.14. The molecule has 0 aromatic carbocycles. The predicted octanol–water partition coefficient (Wildman–Crippen LogP) is 0.410. The summed E-state index contributed by atoms with van der Waals surface area (Å²) in [6.45, 7) is 2.91. The van der Waals surface area contributed by atoms with Crippen LogP contribution in [0.25, 0.3) is 0 Å². The molecule has 0 atom stereocenters. The number of carbonyl (C=O) groups is 1. The first-order valence-electron chi connectivity index (χ1n) is 3.20. The van der Waals surface area contributed by atoms with Gasteiger partial charge in [0.2, 0.25) is 0 Å². The van der Waals surface area contributed by atoms with Crippen LogP contribution in [0.4, 0.5) is 4.79 Å². The summed E-state index contributed by atoms with van der Waals surface area (Å²) in [4.78, 5) is 12.0. The summed E-state index contributed by atoms with van der Waals surface area (Å²) in [5.74, 6) is 2.36. The highest BCUT2D eigenvalue weighted by atomic mass is 16.2. The third-order valence-corrected chi connectivity index (χ3v) is 1.09. The number of nitrogens with two attached hydrogens (primary N) is 1. The minimum atomic E-state index is -0.445. The molecule has 0 aromatic heterocycles. The Labute approximate surface area is 61.2 Å². The first-order chi connectivity index (χ1) is 4.72. The predicted molar refractivity (Wildman–Crippen MR) is 40.3 cm³/mol. The third kappa shape index (κ3) is 2.98. The van der Waals surface area contributed by atoms with E-state index in [4.69, 9.17) is 12.2 Å². The molecular weight excluding hydrogens is 128 g/mol. The molecule has 0 heterocycles. The molecule has 0 aliphatic carbocycles. The van der Waals surface area contributed by atoms with Crippen molar-refractivity contribution in [2.75, 3.05) is 13.1 Å². The highest BCUT2D eigenvalue weighted by Crippen LogP contribution is 1.88. The van der Waals surface area contributed by atoms with Crippen LogP contribution in [0.1, 0.15) is 13.3 Å². The molecule has 3 nitrogen and oxygen atoms in total. The molecular formula is C7H12N2O. The van der Waals surface area contributed by atoms with Gasteiger partial charge in [0.05, 0.1) is 6.54 Å². The average Bonchev–Trinajstić information content (AvgIpc) is 1.87. The molecule has 0 unspecified atom stereocenters. The fraction of sp³-hybridized carbons (Fsp3) is 0.571. The van der Waals surface area contributed by atoms with E-state index in [2.05, 4.69) is 5.92 Å². The fourth-order valence-electron chi connectivity index (χ4n) is 0.647. The van der Waals surface area contributed by atoms with E-state index in [0.29, 0.717) is 13.1 Å². The second-order valence-corrected chi connectivity index (χ2v) is 1.96. The molecule has 0 spiro atoms. The minimum absolute atomic E-state index is 0.309. The second-order valence-electron chi connectivity index (χ2n) is 1.96. The standard InChI is InChI=1S/C7H12N2O/c1-3-5-9(6-4-2)7(8)10/h1H,4-6H2,2H3,(H2,8,10). The van der Waals surface area contributed by atoms with E-state index < -0.39 is 6.03 Å². The molecule has 0 fully saturated rings. The molecule has 56 valence electrons. The molecule has 10 heavy (non-hydrogen) atoms. The van der Waals surface area contributed by atoms with Crippen LogP contribution in [0.15, 0.2) is 0 Å². The van der Waals surface area contributed by atoms with Crippen LogP contribution in [-0.4, -0.2) is 24.0 Å². The van der Waals surface area contributed by atoms with Crippen LogP contribution in [0.3, 0.4) is 0 Å². The number of rotatable bonds is 3. The van der Waals surface area contributed by atoms with Gasteiger partial charge >= 0.3 is 6.03 Å². The van der Waals surface area contributed by atoms with Gasteiger partial charge in [-0.05, 0) is 6.42 Å². The maximum atomic E-state index is 10.5. The fourth-order valence-corrected chi connectivity index (χ4v) is 0.647. The van der Waals surface area contributed by atoms with Gasteiger partial charge in [0.25, 0.3) is 0 Å². The van der Waals surface area contributed by atoms with Crippen LogP contribution in [0.2, 0.25) is 0 Å². The summed E-state index contributed by atoms with van der Waals surface area (Å²) in [5.41, 5.74) is 5.00. The lowest BCUT2D eigenvalue weighted by Crippen LogP contribution is -2.36. The average molecular weight is 140 g/mol. The smallest absolute Gasteiger partial charge is 0.315 e. The summed E-state index contributed by atoms with van der Waals surface area (Å²) in [7, 11) is 0. The summed E-state index contributed by atoms with van der Waals surface area (Å²) >= 11 is 0. The lowest BCUT2D eigenvalue weighted by Gasteiger charge is -2.15. The Morgan fingerprint density at radius 1 is 1.80 bits per heavy atom. The zero-order valence-electron chi connectivity index (χ0n) is 6.13. The van der Waals surface area contributed by atoms with Crippen molar-refractivity contribution in [2.45, 2.75) is 13.3 Å². The van der Waals surface area contributed by atoms with Crippen LogP contribution >= 0.6 is 0 Å². The van der Waals surface area contributed by atoms with E-state index in [1.165, 1.54) is 4.90 Å². The summed E-state index contributed by atoms with van der Waals surface area (Å²) in [6, 6.07) is -0.445. The van der Waals surface area contributed by atoms with Gasteiger partial charge in [-0.1, -0.05) is 12.8 Å². The van der Waals surface area contributed by atoms with Gasteiger partial charge in [-0.2, -0.15) is 0 Å². The van der Waals surface area contributed by atoms with Crippen molar-refractivity contribution in [1.29, 1.82) is 0 Å². The van der Waals surface area contributed by atoms with Gasteiger partial charge in [-0.25, -0.2) is 4.79 Å².